The van der Waals surface area contributed by atoms with Crippen LogP contribution in [-0.4, -0.2) is 15.6 Å². The Kier molecular flexibility index (Phi) is 4.05. The first-order chi connectivity index (χ1) is 15.6. The normalized spacial score (nSPS) is 13.0. The van der Waals surface area contributed by atoms with E-state index in [1.54, 1.807) is 10.6 Å². The lowest BCUT2D eigenvalue weighted by molar-refractivity contribution is 0.102. The molecule has 5 aromatic rings. The number of pyridine rings is 1. The van der Waals surface area contributed by atoms with Gasteiger partial charge in [-0.2, -0.15) is 0 Å². The summed E-state index contributed by atoms with van der Waals surface area (Å²) in [5.41, 5.74) is 1.66. The number of anilines is 1. The van der Waals surface area contributed by atoms with Crippen molar-refractivity contribution in [1.82, 2.24) is 4.57 Å². The average molecular weight is 420 g/mol. The molecule has 1 aromatic heterocycles. The van der Waals surface area contributed by atoms with Crippen LogP contribution in [0.15, 0.2) is 77.6 Å². The monoisotopic (exact) mass is 420 g/mol. The Bertz CT molecular complexity index is 1630. The van der Waals surface area contributed by atoms with Crippen molar-refractivity contribution in [3.05, 3.63) is 94.3 Å². The Balaban J connectivity index is 1.44. The molecule has 2 N–H and O–H groups in total. The van der Waals surface area contributed by atoms with Gasteiger partial charge in [0.1, 0.15) is 11.3 Å². The molecule has 5 nitrogen and oxygen atoms in total. The SMILES string of the molecule is O=C(Nc1ccc2cc3ccccc3cc2c1)c1c(O)c2cccc3c2n(c1=O)CCC3. The second kappa shape index (κ2) is 6.95. The second-order valence-electron chi connectivity index (χ2n) is 8.31. The highest BCUT2D eigenvalue weighted by atomic mass is 16.3. The smallest absolute Gasteiger partial charge is 0.267 e. The molecule has 2 heterocycles. The largest absolute Gasteiger partial charge is 0.506 e. The molecule has 1 aliphatic heterocycles. The molecule has 0 radical (unpaired) electrons. The van der Waals surface area contributed by atoms with Crippen molar-refractivity contribution in [3.8, 4) is 5.75 Å². The molecule has 0 fully saturated rings. The summed E-state index contributed by atoms with van der Waals surface area (Å²) in [5, 5.41) is 18.5. The summed E-state index contributed by atoms with van der Waals surface area (Å²) < 4.78 is 1.62. The number of benzene rings is 4. The van der Waals surface area contributed by atoms with Crippen molar-refractivity contribution in [3.63, 3.8) is 0 Å². The van der Waals surface area contributed by atoms with Crippen LogP contribution in [0.4, 0.5) is 5.69 Å². The van der Waals surface area contributed by atoms with E-state index in [0.717, 1.165) is 45.5 Å². The van der Waals surface area contributed by atoms with Crippen LogP contribution in [-0.2, 0) is 13.0 Å². The predicted octanol–water partition coefficient (Wildman–Crippen LogP) is 5.21. The van der Waals surface area contributed by atoms with Crippen LogP contribution in [0.5, 0.6) is 5.75 Å². The molecule has 4 aromatic carbocycles. The zero-order valence-electron chi connectivity index (χ0n) is 17.3. The van der Waals surface area contributed by atoms with Crippen LogP contribution >= 0.6 is 0 Å². The molecule has 0 unspecified atom stereocenters. The highest BCUT2D eigenvalue weighted by Crippen LogP contribution is 2.32. The van der Waals surface area contributed by atoms with Gasteiger partial charge < -0.3 is 15.0 Å². The van der Waals surface area contributed by atoms with Crippen molar-refractivity contribution in [1.29, 1.82) is 0 Å². The molecule has 0 bridgehead atoms. The first-order valence-corrected chi connectivity index (χ1v) is 10.7. The van der Waals surface area contributed by atoms with Crippen LogP contribution in [0.1, 0.15) is 22.3 Å². The summed E-state index contributed by atoms with van der Waals surface area (Å²) in [7, 11) is 0. The fourth-order valence-corrected chi connectivity index (χ4v) is 4.83. The third-order valence-corrected chi connectivity index (χ3v) is 6.36. The minimum absolute atomic E-state index is 0.213. The van der Waals surface area contributed by atoms with Crippen molar-refractivity contribution in [2.24, 2.45) is 0 Å². The third kappa shape index (κ3) is 2.78. The van der Waals surface area contributed by atoms with Crippen LogP contribution < -0.4 is 10.9 Å². The molecule has 5 heteroatoms. The van der Waals surface area contributed by atoms with Crippen molar-refractivity contribution < 1.29 is 9.90 Å². The summed E-state index contributed by atoms with van der Waals surface area (Å²) in [6.07, 6.45) is 1.68. The molecule has 32 heavy (non-hydrogen) atoms. The first-order valence-electron chi connectivity index (χ1n) is 10.7. The number of carbonyl (C=O) groups is 1. The van der Waals surface area contributed by atoms with Gasteiger partial charge in [0.25, 0.3) is 11.5 Å². The lowest BCUT2D eigenvalue weighted by Crippen LogP contribution is -2.31. The minimum Gasteiger partial charge on any atom is -0.506 e. The number of aromatic nitrogens is 1. The number of fused-ring (bicyclic) bond motifs is 2. The Morgan fingerprint density at radius 1 is 0.875 bits per heavy atom. The molecule has 0 saturated heterocycles. The summed E-state index contributed by atoms with van der Waals surface area (Å²) in [6, 6.07) is 23.5. The number of aromatic hydroxyl groups is 1. The van der Waals surface area contributed by atoms with Gasteiger partial charge in [-0.3, -0.25) is 9.59 Å². The number of amides is 1. The summed E-state index contributed by atoms with van der Waals surface area (Å²) >= 11 is 0. The van der Waals surface area contributed by atoms with Gasteiger partial charge in [-0.15, -0.1) is 0 Å². The van der Waals surface area contributed by atoms with Gasteiger partial charge in [0, 0.05) is 17.6 Å². The lowest BCUT2D eigenvalue weighted by atomic mass is 9.99. The van der Waals surface area contributed by atoms with E-state index in [-0.39, 0.29) is 11.3 Å². The lowest BCUT2D eigenvalue weighted by Gasteiger charge is -2.21. The fourth-order valence-electron chi connectivity index (χ4n) is 4.83. The van der Waals surface area contributed by atoms with Crippen LogP contribution in [0.2, 0.25) is 0 Å². The number of hydrogen-bond donors (Lipinski definition) is 2. The Morgan fingerprint density at radius 3 is 2.44 bits per heavy atom. The van der Waals surface area contributed by atoms with E-state index in [9.17, 15) is 14.7 Å². The van der Waals surface area contributed by atoms with E-state index in [2.05, 4.69) is 23.5 Å². The summed E-state index contributed by atoms with van der Waals surface area (Å²) in [4.78, 5) is 26.3. The Labute approximate surface area is 183 Å². The molecule has 6 rings (SSSR count). The first kappa shape index (κ1) is 18.6. The average Bonchev–Trinajstić information content (AvgIpc) is 2.81. The number of carbonyl (C=O) groups excluding carboxylic acids is 1. The molecule has 0 saturated carbocycles. The van der Waals surface area contributed by atoms with Gasteiger partial charge in [0.05, 0.1) is 5.52 Å². The maximum atomic E-state index is 13.2. The van der Waals surface area contributed by atoms with Gasteiger partial charge in [0.2, 0.25) is 0 Å². The van der Waals surface area contributed by atoms with Gasteiger partial charge in [-0.05, 0) is 70.3 Å². The Morgan fingerprint density at radius 2 is 1.62 bits per heavy atom. The number of hydrogen-bond acceptors (Lipinski definition) is 3. The van der Waals surface area contributed by atoms with Gasteiger partial charge in [-0.1, -0.05) is 42.5 Å². The molecule has 0 spiro atoms. The minimum atomic E-state index is -0.603. The molecule has 0 atom stereocenters. The topological polar surface area (TPSA) is 71.3 Å². The summed E-state index contributed by atoms with van der Waals surface area (Å²) in [5.74, 6) is -0.858. The van der Waals surface area contributed by atoms with Crippen molar-refractivity contribution in [2.75, 3.05) is 5.32 Å². The van der Waals surface area contributed by atoms with Gasteiger partial charge in [-0.25, -0.2) is 0 Å². The van der Waals surface area contributed by atoms with Gasteiger partial charge in [0.15, 0.2) is 0 Å². The number of nitrogens with zero attached hydrogens (tertiary/aromatic N) is 1. The van der Waals surface area contributed by atoms with E-state index >= 15 is 0 Å². The molecular formula is C27H20N2O3. The van der Waals surface area contributed by atoms with E-state index in [0.29, 0.717) is 17.6 Å². The predicted molar refractivity (Wildman–Crippen MR) is 128 cm³/mol. The van der Waals surface area contributed by atoms with E-state index in [4.69, 9.17) is 0 Å². The van der Waals surface area contributed by atoms with E-state index in [1.807, 2.05) is 48.5 Å². The second-order valence-corrected chi connectivity index (χ2v) is 8.31. The molecular weight excluding hydrogens is 400 g/mol. The molecule has 1 aliphatic rings. The molecule has 156 valence electrons. The molecule has 0 aliphatic carbocycles. The van der Waals surface area contributed by atoms with Crippen molar-refractivity contribution in [2.45, 2.75) is 19.4 Å². The maximum absolute atomic E-state index is 13.2. The molecule has 1 amide bonds. The highest BCUT2D eigenvalue weighted by Gasteiger charge is 2.25. The number of nitrogens with one attached hydrogen (secondary N) is 1. The quantitative estimate of drug-likeness (QED) is 0.385. The van der Waals surface area contributed by atoms with Crippen LogP contribution in [0.25, 0.3) is 32.4 Å². The van der Waals surface area contributed by atoms with Crippen LogP contribution in [0.3, 0.4) is 0 Å². The number of rotatable bonds is 2. The van der Waals surface area contributed by atoms with E-state index < -0.39 is 11.5 Å². The van der Waals surface area contributed by atoms with E-state index in [1.165, 1.54) is 0 Å². The van der Waals surface area contributed by atoms with Crippen LogP contribution in [0, 0.1) is 0 Å². The fraction of sp³-hybridized carbons (Fsp3) is 0.111. The zero-order valence-corrected chi connectivity index (χ0v) is 17.3. The summed E-state index contributed by atoms with van der Waals surface area (Å²) in [6.45, 7) is 0.538. The standard InChI is InChI=1S/C27H20N2O3/c30-25-22-9-3-7-16-8-4-12-29(24(16)22)27(32)23(25)26(31)28-21-11-10-19-13-17-5-1-2-6-18(17)14-20(19)15-21/h1-3,5-7,9-11,13-15,30H,4,8,12H2,(H,28,31). The third-order valence-electron chi connectivity index (χ3n) is 6.36. The Hall–Kier alpha value is -4.12. The highest BCUT2D eigenvalue weighted by molar-refractivity contribution is 6.10. The number of para-hydroxylation sites is 1. The van der Waals surface area contributed by atoms with Gasteiger partial charge >= 0.3 is 0 Å². The number of aryl methyl sites for hydroxylation is 2. The van der Waals surface area contributed by atoms with Crippen molar-refractivity contribution >= 4 is 44.0 Å². The zero-order chi connectivity index (χ0) is 21.8. The maximum Gasteiger partial charge on any atom is 0.267 e.